The topological polar surface area (TPSA) is 134 Å². The summed E-state index contributed by atoms with van der Waals surface area (Å²) in [6.07, 6.45) is 91.3. The third kappa shape index (κ3) is 65.4. The molecule has 464 valence electrons. The smallest absolute Gasteiger partial charge is 0.462 e. The van der Waals surface area contributed by atoms with E-state index in [9.17, 15) is 19.0 Å². The highest BCUT2D eigenvalue weighted by molar-refractivity contribution is 7.47. The minimum atomic E-state index is -4.40. The Hall–Kier alpha value is -3.59. The van der Waals surface area contributed by atoms with E-state index in [4.69, 9.17) is 24.3 Å². The Morgan fingerprint density at radius 2 is 0.679 bits per heavy atom. The minimum Gasteiger partial charge on any atom is -0.462 e. The number of hydrogen-bond donors (Lipinski definition) is 2. The molecular formula is C71H122NO8P. The second kappa shape index (κ2) is 65.6. The Labute approximate surface area is 498 Å². The molecule has 0 bridgehead atoms. The minimum absolute atomic E-state index is 0.0476. The Morgan fingerprint density at radius 3 is 1.01 bits per heavy atom. The van der Waals surface area contributed by atoms with Crippen molar-refractivity contribution in [3.8, 4) is 0 Å². The first-order valence-corrected chi connectivity index (χ1v) is 34.5. The number of esters is 2. The van der Waals surface area contributed by atoms with Gasteiger partial charge in [-0.1, -0.05) is 283 Å². The maximum Gasteiger partial charge on any atom is 0.472 e. The van der Waals surface area contributed by atoms with Gasteiger partial charge in [-0.2, -0.15) is 0 Å². The van der Waals surface area contributed by atoms with Crippen LogP contribution < -0.4 is 5.73 Å². The third-order valence-electron chi connectivity index (χ3n) is 13.8. The first-order valence-electron chi connectivity index (χ1n) is 33.0. The van der Waals surface area contributed by atoms with E-state index in [1.54, 1.807) is 0 Å². The van der Waals surface area contributed by atoms with Gasteiger partial charge in [0.2, 0.25) is 0 Å². The number of nitrogens with two attached hydrogens (primary N) is 1. The fraction of sp³-hybridized carbons (Fsp3) is 0.690. The van der Waals surface area contributed by atoms with Crippen LogP contribution in [0.1, 0.15) is 284 Å². The van der Waals surface area contributed by atoms with Crippen LogP contribution in [0.15, 0.2) is 122 Å². The molecule has 3 N–H and O–H groups in total. The number of phosphoric acid groups is 1. The predicted molar refractivity (Wildman–Crippen MR) is 348 cm³/mol. The van der Waals surface area contributed by atoms with Crippen molar-refractivity contribution in [2.24, 2.45) is 5.73 Å². The van der Waals surface area contributed by atoms with Gasteiger partial charge in [-0.25, -0.2) is 4.57 Å². The van der Waals surface area contributed by atoms with Crippen LogP contribution >= 0.6 is 7.82 Å². The van der Waals surface area contributed by atoms with Crippen molar-refractivity contribution < 1.29 is 37.6 Å². The van der Waals surface area contributed by atoms with Gasteiger partial charge in [0.05, 0.1) is 13.2 Å². The van der Waals surface area contributed by atoms with E-state index in [1.165, 1.54) is 141 Å². The first kappa shape index (κ1) is 77.4. The van der Waals surface area contributed by atoms with E-state index in [0.29, 0.717) is 12.8 Å². The molecular weight excluding hydrogens is 1030 g/mol. The Balaban J connectivity index is 3.90. The molecule has 10 heteroatoms. The Bertz CT molecular complexity index is 1740. The fourth-order valence-electron chi connectivity index (χ4n) is 8.98. The molecule has 9 nitrogen and oxygen atoms in total. The molecule has 0 amide bonds. The van der Waals surface area contributed by atoms with Gasteiger partial charge in [0.15, 0.2) is 6.10 Å². The Kier molecular flexibility index (Phi) is 62.7. The van der Waals surface area contributed by atoms with E-state index in [0.717, 1.165) is 103 Å². The van der Waals surface area contributed by atoms with Gasteiger partial charge in [0, 0.05) is 19.4 Å². The van der Waals surface area contributed by atoms with Crippen molar-refractivity contribution in [2.45, 2.75) is 290 Å². The molecule has 0 aromatic carbocycles. The highest BCUT2D eigenvalue weighted by Gasteiger charge is 2.26. The molecule has 2 unspecified atom stereocenters. The van der Waals surface area contributed by atoms with E-state index >= 15 is 0 Å². The average molecular weight is 1150 g/mol. The van der Waals surface area contributed by atoms with Crippen LogP contribution in [0, 0.1) is 0 Å². The highest BCUT2D eigenvalue weighted by Crippen LogP contribution is 2.43. The number of carbonyl (C=O) groups excluding carboxylic acids is 2. The van der Waals surface area contributed by atoms with Crippen LogP contribution in [0.3, 0.4) is 0 Å². The van der Waals surface area contributed by atoms with E-state index in [1.807, 2.05) is 0 Å². The van der Waals surface area contributed by atoms with Crippen LogP contribution in [0.5, 0.6) is 0 Å². The molecule has 0 aliphatic heterocycles. The summed E-state index contributed by atoms with van der Waals surface area (Å²) in [4.78, 5) is 35.3. The number of rotatable bonds is 61. The number of hydrogen-bond acceptors (Lipinski definition) is 8. The maximum absolute atomic E-state index is 12.7. The summed E-state index contributed by atoms with van der Waals surface area (Å²) < 4.78 is 33.1. The van der Waals surface area contributed by atoms with Gasteiger partial charge in [0.25, 0.3) is 0 Å². The van der Waals surface area contributed by atoms with Gasteiger partial charge >= 0.3 is 19.8 Å². The highest BCUT2D eigenvalue weighted by atomic mass is 31.2. The van der Waals surface area contributed by atoms with E-state index in [2.05, 4.69) is 135 Å². The molecule has 0 saturated carbocycles. The van der Waals surface area contributed by atoms with Crippen LogP contribution in [0.4, 0.5) is 0 Å². The van der Waals surface area contributed by atoms with Crippen LogP contribution in [-0.4, -0.2) is 49.3 Å². The molecule has 0 spiro atoms. The molecule has 0 aliphatic carbocycles. The summed E-state index contributed by atoms with van der Waals surface area (Å²) in [5.74, 6) is -0.840. The van der Waals surface area contributed by atoms with Crippen molar-refractivity contribution in [2.75, 3.05) is 26.4 Å². The van der Waals surface area contributed by atoms with Crippen LogP contribution in [0.2, 0.25) is 0 Å². The second-order valence-electron chi connectivity index (χ2n) is 21.6. The summed E-state index contributed by atoms with van der Waals surface area (Å²) in [5, 5.41) is 0. The zero-order chi connectivity index (χ0) is 58.7. The molecule has 0 aromatic rings. The predicted octanol–water partition coefficient (Wildman–Crippen LogP) is 21.5. The number of allylic oxidation sites excluding steroid dienone is 20. The summed E-state index contributed by atoms with van der Waals surface area (Å²) >= 11 is 0. The number of unbranched alkanes of at least 4 members (excludes halogenated alkanes) is 28. The molecule has 0 rings (SSSR count). The largest absolute Gasteiger partial charge is 0.472 e. The van der Waals surface area contributed by atoms with Crippen LogP contribution in [-0.2, 0) is 32.7 Å². The third-order valence-corrected chi connectivity index (χ3v) is 14.8. The maximum atomic E-state index is 12.7. The van der Waals surface area contributed by atoms with Crippen LogP contribution in [0.25, 0.3) is 0 Å². The lowest BCUT2D eigenvalue weighted by molar-refractivity contribution is -0.161. The fourth-order valence-corrected chi connectivity index (χ4v) is 9.74. The zero-order valence-electron chi connectivity index (χ0n) is 52.0. The monoisotopic (exact) mass is 1150 g/mol. The van der Waals surface area contributed by atoms with Gasteiger partial charge in [-0.05, 0) is 109 Å². The number of carbonyl (C=O) groups is 2. The van der Waals surface area contributed by atoms with Crippen molar-refractivity contribution in [1.82, 2.24) is 0 Å². The van der Waals surface area contributed by atoms with Gasteiger partial charge in [-0.3, -0.25) is 18.6 Å². The average Bonchev–Trinajstić information content (AvgIpc) is 3.46. The Morgan fingerprint density at radius 1 is 0.383 bits per heavy atom. The number of phosphoric ester groups is 1. The molecule has 0 heterocycles. The lowest BCUT2D eigenvalue weighted by atomic mass is 10.0. The summed E-state index contributed by atoms with van der Waals surface area (Å²) in [5.41, 5.74) is 5.39. The summed E-state index contributed by atoms with van der Waals surface area (Å²) in [7, 11) is -4.40. The molecule has 0 aromatic heterocycles. The molecule has 0 radical (unpaired) electrons. The molecule has 81 heavy (non-hydrogen) atoms. The van der Waals surface area contributed by atoms with Crippen molar-refractivity contribution in [3.63, 3.8) is 0 Å². The molecule has 0 fully saturated rings. The summed E-state index contributed by atoms with van der Waals surface area (Å²) in [6.45, 7) is 3.62. The van der Waals surface area contributed by atoms with Gasteiger partial charge in [-0.15, -0.1) is 0 Å². The SMILES string of the molecule is CC/C=C\C/C=C\C/C=C\C/C=C\C/C=C\C/C=C\C/C=C\CCCCCCCCCCCCCCCCCCCC(=O)OC(COC(=O)CCCCCCCC/C=C\C/C=C\C/C=C\CCCCCCC)COP(=O)(O)OCCN. The van der Waals surface area contributed by atoms with E-state index in [-0.39, 0.29) is 32.6 Å². The van der Waals surface area contributed by atoms with Crippen molar-refractivity contribution in [3.05, 3.63) is 122 Å². The normalized spacial score (nSPS) is 13.8. The molecule has 0 saturated heterocycles. The van der Waals surface area contributed by atoms with Gasteiger partial charge < -0.3 is 20.1 Å². The standard InChI is InChI=1S/C71H122NO8P/c1-3-5-7-9-11-13-15-17-19-21-23-25-26-27-28-29-30-31-32-33-34-35-36-37-38-39-40-41-42-44-46-48-50-52-54-56-58-60-62-64-71(74)80-69(68-79-81(75,76)78-66-65-72)67-77-70(73)63-61-59-57-55-53-51-49-47-45-43-24-22-20-18-16-14-12-10-8-6-4-2/h5,7,11,13,16-19,22-25,27-28,30-31,33-34,45,47,69H,3-4,6,8-10,12,14-15,20-21,26,29,32,35-44,46,48-68,72H2,1-2H3,(H,75,76)/b7-5-,13-11-,18-16-,19-17-,24-22-,25-23-,28-27-,31-30-,34-33-,47-45-. The second-order valence-corrected chi connectivity index (χ2v) is 23.1. The number of ether oxygens (including phenoxy) is 2. The lowest BCUT2D eigenvalue weighted by Gasteiger charge is -2.19. The zero-order valence-corrected chi connectivity index (χ0v) is 52.9. The lowest BCUT2D eigenvalue weighted by Crippen LogP contribution is -2.29. The molecule has 0 aliphatic rings. The molecule has 2 atom stereocenters. The summed E-state index contributed by atoms with van der Waals surface area (Å²) in [6, 6.07) is 0. The first-order chi connectivity index (χ1) is 39.8. The quantitative estimate of drug-likeness (QED) is 0.0264. The van der Waals surface area contributed by atoms with Gasteiger partial charge in [0.1, 0.15) is 6.61 Å². The van der Waals surface area contributed by atoms with Crippen molar-refractivity contribution in [1.29, 1.82) is 0 Å². The van der Waals surface area contributed by atoms with Crippen molar-refractivity contribution >= 4 is 19.8 Å². The van der Waals surface area contributed by atoms with E-state index < -0.39 is 32.5 Å².